The van der Waals surface area contributed by atoms with Crippen LogP contribution in [0, 0.1) is 17.3 Å². The first-order valence-corrected chi connectivity index (χ1v) is 11.4. The van der Waals surface area contributed by atoms with E-state index < -0.39 is 0 Å². The minimum Gasteiger partial charge on any atom is -0.346 e. The lowest BCUT2D eigenvalue weighted by atomic mass is 9.80. The molecule has 3 aliphatic rings. The van der Waals surface area contributed by atoms with Crippen molar-refractivity contribution in [2.75, 3.05) is 51.7 Å². The van der Waals surface area contributed by atoms with Gasteiger partial charge in [-0.3, -0.25) is 4.79 Å². The van der Waals surface area contributed by atoms with Crippen LogP contribution in [-0.4, -0.2) is 72.7 Å². The largest absolute Gasteiger partial charge is 0.346 e. The summed E-state index contributed by atoms with van der Waals surface area (Å²) < 4.78 is 0. The Morgan fingerprint density at radius 3 is 2.66 bits per heavy atom. The van der Waals surface area contributed by atoms with Crippen LogP contribution in [0.5, 0.6) is 0 Å². The zero-order valence-corrected chi connectivity index (χ0v) is 18.1. The fourth-order valence-electron chi connectivity index (χ4n) is 5.30. The van der Waals surface area contributed by atoms with E-state index in [0.29, 0.717) is 11.8 Å². The molecule has 2 saturated heterocycles. The molecule has 2 aromatic rings. The van der Waals surface area contributed by atoms with Crippen molar-refractivity contribution in [2.45, 2.75) is 19.3 Å². The third kappa shape index (κ3) is 3.44. The van der Waals surface area contributed by atoms with Gasteiger partial charge in [0.2, 0.25) is 11.0 Å². The minimum absolute atomic E-state index is 0.126. The number of hydrogen-bond acceptors (Lipinski definition) is 6. The van der Waals surface area contributed by atoms with Gasteiger partial charge in [0.15, 0.2) is 0 Å². The average molecular weight is 412 g/mol. The normalized spacial score (nSPS) is 26.8. The fourth-order valence-corrected chi connectivity index (χ4v) is 6.16. The molecule has 1 aromatic heterocycles. The molecule has 0 spiro atoms. The average Bonchev–Trinajstić information content (AvgIpc) is 3.32. The Balaban J connectivity index is 1.34. The molecule has 2 atom stereocenters. The maximum atomic E-state index is 12.9. The van der Waals surface area contributed by atoms with E-state index in [-0.39, 0.29) is 11.3 Å². The smallest absolute Gasteiger partial charge is 0.225 e. The Labute approximate surface area is 176 Å². The van der Waals surface area contributed by atoms with Crippen LogP contribution in [0.4, 0.5) is 5.13 Å². The molecule has 1 saturated carbocycles. The van der Waals surface area contributed by atoms with Crippen LogP contribution >= 0.6 is 11.3 Å². The quantitative estimate of drug-likeness (QED) is 0.757. The van der Waals surface area contributed by atoms with Gasteiger partial charge in [-0.2, -0.15) is 0 Å². The topological polar surface area (TPSA) is 52.6 Å². The van der Waals surface area contributed by atoms with Crippen molar-refractivity contribution in [3.63, 3.8) is 0 Å². The van der Waals surface area contributed by atoms with Gasteiger partial charge in [-0.25, -0.2) is 0 Å². The molecule has 0 bridgehead atoms. The van der Waals surface area contributed by atoms with Gasteiger partial charge in [0.05, 0.1) is 0 Å². The van der Waals surface area contributed by atoms with Crippen LogP contribution in [0.2, 0.25) is 0 Å². The van der Waals surface area contributed by atoms with Gasteiger partial charge in [0.25, 0.3) is 0 Å². The standard InChI is InChI=1S/C22H29N5OS/c1-25(2)13-22-14-26(20(28)17-9-6-10-17)11-18(22)12-27(15-22)21-24-23-19(29-21)16-7-4-3-5-8-16/h3-5,7-8,17-18H,6,9-15H2,1-2H3/t18-,22+/m1/s1. The maximum absolute atomic E-state index is 12.9. The first kappa shape index (κ1) is 19.0. The summed E-state index contributed by atoms with van der Waals surface area (Å²) in [4.78, 5) is 19.7. The molecule has 0 radical (unpaired) electrons. The number of likely N-dealkylation sites (tertiary alicyclic amines) is 1. The Bertz CT molecular complexity index is 880. The third-order valence-electron chi connectivity index (χ3n) is 6.86. The number of anilines is 1. The molecule has 7 heteroatoms. The zero-order chi connectivity index (χ0) is 20.0. The summed E-state index contributed by atoms with van der Waals surface area (Å²) in [6, 6.07) is 10.3. The molecule has 1 aromatic carbocycles. The van der Waals surface area contributed by atoms with E-state index in [9.17, 15) is 4.79 Å². The van der Waals surface area contributed by atoms with E-state index in [2.05, 4.69) is 51.1 Å². The number of benzene rings is 1. The highest BCUT2D eigenvalue weighted by Crippen LogP contribution is 2.46. The number of nitrogens with zero attached hydrogens (tertiary/aromatic N) is 5. The minimum atomic E-state index is 0.126. The van der Waals surface area contributed by atoms with Gasteiger partial charge in [0, 0.05) is 55.5 Å². The second-order valence-electron chi connectivity index (χ2n) is 9.28. The van der Waals surface area contributed by atoms with E-state index in [1.165, 1.54) is 6.42 Å². The van der Waals surface area contributed by atoms with Gasteiger partial charge < -0.3 is 14.7 Å². The number of hydrogen-bond donors (Lipinski definition) is 0. The zero-order valence-electron chi connectivity index (χ0n) is 17.3. The monoisotopic (exact) mass is 411 g/mol. The van der Waals surface area contributed by atoms with Crippen molar-refractivity contribution >= 4 is 22.4 Å². The molecule has 5 rings (SSSR count). The van der Waals surface area contributed by atoms with E-state index in [1.54, 1.807) is 11.3 Å². The van der Waals surface area contributed by atoms with Crippen LogP contribution in [0.1, 0.15) is 19.3 Å². The highest BCUT2D eigenvalue weighted by Gasteiger charge is 2.54. The predicted octanol–water partition coefficient (Wildman–Crippen LogP) is 2.83. The van der Waals surface area contributed by atoms with Gasteiger partial charge in [-0.1, -0.05) is 48.1 Å². The molecule has 3 fully saturated rings. The van der Waals surface area contributed by atoms with Crippen molar-refractivity contribution in [2.24, 2.45) is 17.3 Å². The highest BCUT2D eigenvalue weighted by molar-refractivity contribution is 7.18. The molecule has 2 aliphatic heterocycles. The summed E-state index contributed by atoms with van der Waals surface area (Å²) in [6.45, 7) is 4.70. The summed E-state index contributed by atoms with van der Waals surface area (Å²) >= 11 is 1.67. The number of amides is 1. The SMILES string of the molecule is CN(C)C[C@@]12CN(C(=O)C3CCC3)C[C@@H]1CN(c1nnc(-c3ccccc3)s1)C2. The summed E-state index contributed by atoms with van der Waals surface area (Å²) in [5, 5.41) is 10.9. The Morgan fingerprint density at radius 2 is 1.97 bits per heavy atom. The summed E-state index contributed by atoms with van der Waals surface area (Å²) in [7, 11) is 4.28. The molecule has 154 valence electrons. The van der Waals surface area contributed by atoms with Crippen molar-refractivity contribution in [1.29, 1.82) is 0 Å². The molecular weight excluding hydrogens is 382 g/mol. The number of carbonyl (C=O) groups is 1. The van der Waals surface area contributed by atoms with Gasteiger partial charge in [-0.05, 0) is 26.9 Å². The van der Waals surface area contributed by atoms with Crippen molar-refractivity contribution in [1.82, 2.24) is 20.0 Å². The summed E-state index contributed by atoms with van der Waals surface area (Å²) in [5.74, 6) is 1.19. The van der Waals surface area contributed by atoms with Gasteiger partial charge in [0.1, 0.15) is 5.01 Å². The van der Waals surface area contributed by atoms with E-state index in [4.69, 9.17) is 0 Å². The van der Waals surface area contributed by atoms with Crippen LogP contribution < -0.4 is 4.90 Å². The third-order valence-corrected chi connectivity index (χ3v) is 7.90. The second kappa shape index (κ2) is 7.36. The highest BCUT2D eigenvalue weighted by atomic mass is 32.1. The van der Waals surface area contributed by atoms with Gasteiger partial charge in [-0.15, -0.1) is 10.2 Å². The number of fused-ring (bicyclic) bond motifs is 1. The molecular formula is C22H29N5OS. The fraction of sp³-hybridized carbons (Fsp3) is 0.591. The van der Waals surface area contributed by atoms with Crippen LogP contribution in [-0.2, 0) is 4.79 Å². The number of aromatic nitrogens is 2. The van der Waals surface area contributed by atoms with Crippen LogP contribution in [0.3, 0.4) is 0 Å². The number of rotatable bonds is 5. The summed E-state index contributed by atoms with van der Waals surface area (Å²) in [6.07, 6.45) is 3.38. The lowest BCUT2D eigenvalue weighted by molar-refractivity contribution is -0.137. The van der Waals surface area contributed by atoms with Crippen molar-refractivity contribution in [3.8, 4) is 10.6 Å². The Morgan fingerprint density at radius 1 is 1.17 bits per heavy atom. The van der Waals surface area contributed by atoms with E-state index in [0.717, 1.165) is 61.3 Å². The van der Waals surface area contributed by atoms with Crippen molar-refractivity contribution < 1.29 is 4.79 Å². The second-order valence-corrected chi connectivity index (χ2v) is 10.2. The molecule has 0 N–H and O–H groups in total. The van der Waals surface area contributed by atoms with Crippen LogP contribution in [0.15, 0.2) is 30.3 Å². The molecule has 0 unspecified atom stereocenters. The van der Waals surface area contributed by atoms with Gasteiger partial charge >= 0.3 is 0 Å². The lowest BCUT2D eigenvalue weighted by Crippen LogP contribution is -2.44. The molecule has 1 aliphatic carbocycles. The maximum Gasteiger partial charge on any atom is 0.225 e. The van der Waals surface area contributed by atoms with E-state index in [1.807, 2.05) is 18.2 Å². The molecule has 29 heavy (non-hydrogen) atoms. The summed E-state index contributed by atoms with van der Waals surface area (Å²) in [5.41, 5.74) is 1.25. The Kier molecular flexibility index (Phi) is 4.82. The van der Waals surface area contributed by atoms with Crippen LogP contribution in [0.25, 0.3) is 10.6 Å². The van der Waals surface area contributed by atoms with E-state index >= 15 is 0 Å². The first-order chi connectivity index (χ1) is 14.0. The number of carbonyl (C=O) groups excluding carboxylic acids is 1. The molecule has 6 nitrogen and oxygen atoms in total. The lowest BCUT2D eigenvalue weighted by Gasteiger charge is -2.34. The van der Waals surface area contributed by atoms with Crippen molar-refractivity contribution in [3.05, 3.63) is 30.3 Å². The first-order valence-electron chi connectivity index (χ1n) is 10.6. The Hall–Kier alpha value is -1.99. The molecule has 3 heterocycles. The predicted molar refractivity (Wildman–Crippen MR) is 116 cm³/mol. The molecule has 1 amide bonds.